The topological polar surface area (TPSA) is 294 Å². The number of piperazine rings is 3. The Bertz CT molecular complexity index is 3110. The Morgan fingerprint density at radius 2 is 1.39 bits per heavy atom. The van der Waals surface area contributed by atoms with Crippen LogP contribution in [0, 0.1) is 22.0 Å². The number of fused-ring (bicyclic) bond motifs is 4. The fraction of sp³-hybridized carbons (Fsp3) is 0.543. The van der Waals surface area contributed by atoms with Crippen LogP contribution in [0.2, 0.25) is 18.1 Å². The van der Waals surface area contributed by atoms with Crippen LogP contribution in [0.25, 0.3) is 10.8 Å². The summed E-state index contributed by atoms with van der Waals surface area (Å²) in [6.45, 7) is 17.0. The monoisotopic (exact) mass is 1170 g/mol. The fourth-order valence-corrected chi connectivity index (χ4v) is 15.7. The van der Waals surface area contributed by atoms with Gasteiger partial charge in [0.05, 0.1) is 46.7 Å². The maximum absolute atomic E-state index is 14.6. The first-order valence-corrected chi connectivity index (χ1v) is 31.1. The van der Waals surface area contributed by atoms with Crippen molar-refractivity contribution in [1.82, 2.24) is 4.90 Å². The normalized spacial score (nSPS) is 24.1. The molecule has 3 aromatic rings. The lowest BCUT2D eigenvalue weighted by Gasteiger charge is -2.55. The maximum Gasteiger partial charge on any atom is 0.485 e. The molecule has 0 saturated carbocycles. The number of quaternary nitrogens is 2. The van der Waals surface area contributed by atoms with E-state index >= 15 is 0 Å². The van der Waals surface area contributed by atoms with Crippen molar-refractivity contribution in [2.24, 2.45) is 17.6 Å². The first kappa shape index (κ1) is 60.9. The Kier molecular flexibility index (Phi) is 17.5. The number of carbonyl (C=O) groups excluding carboxylic acids is 3. The van der Waals surface area contributed by atoms with Crippen molar-refractivity contribution in [3.8, 4) is 0 Å². The van der Waals surface area contributed by atoms with Crippen LogP contribution in [-0.4, -0.2) is 161 Å². The minimum absolute atomic E-state index is 0.0484. The summed E-state index contributed by atoms with van der Waals surface area (Å²) in [5.74, 6) is -2.18. The Morgan fingerprint density at radius 3 is 1.87 bits per heavy atom. The van der Waals surface area contributed by atoms with E-state index in [9.17, 15) is 59.3 Å². The van der Waals surface area contributed by atoms with Gasteiger partial charge in [0.25, 0.3) is 21.6 Å². The van der Waals surface area contributed by atoms with Crippen molar-refractivity contribution in [2.75, 3.05) is 63.2 Å². The number of nitrogens with zero attached hydrogens (tertiary/aromatic N) is 5. The van der Waals surface area contributed by atoms with Gasteiger partial charge in [-0.2, -0.15) is 26.3 Å². The van der Waals surface area contributed by atoms with Gasteiger partial charge in [-0.3, -0.25) is 24.0 Å². The molecule has 2 N–H and O–H groups in total. The first-order chi connectivity index (χ1) is 35.5. The summed E-state index contributed by atoms with van der Waals surface area (Å²) in [5, 5.41) is 12.8. The van der Waals surface area contributed by atoms with E-state index in [0.717, 1.165) is 90.3 Å². The van der Waals surface area contributed by atoms with Crippen LogP contribution in [0.15, 0.2) is 70.8 Å². The molecule has 6 aliphatic heterocycles. The lowest BCUT2D eigenvalue weighted by Crippen LogP contribution is -2.76. The minimum atomic E-state index is -6.09. The fourth-order valence-electron chi connectivity index (χ4n) is 11.1. The maximum atomic E-state index is 14.6. The number of primary amides is 1. The number of anilines is 1. The van der Waals surface area contributed by atoms with Crippen LogP contribution in [0.4, 0.5) is 37.7 Å². The van der Waals surface area contributed by atoms with Crippen molar-refractivity contribution in [1.29, 1.82) is 0 Å². The van der Waals surface area contributed by atoms with Crippen molar-refractivity contribution >= 4 is 78.5 Å². The highest BCUT2D eigenvalue weighted by Gasteiger charge is 2.61. The zero-order valence-electron chi connectivity index (χ0n) is 42.3. The van der Waals surface area contributed by atoms with Crippen LogP contribution < -0.4 is 10.0 Å². The molecular weight excluding hydrogens is 1110 g/mol. The highest BCUT2D eigenvalue weighted by Crippen LogP contribution is 2.51. The number of halogens is 6. The van der Waals surface area contributed by atoms with E-state index < -0.39 is 84.5 Å². The minimum Gasteiger partial charge on any atom is -0.741 e. The number of benzene rings is 3. The number of sulfonamides is 1. The second-order valence-electron chi connectivity index (χ2n) is 19.8. The predicted octanol–water partition coefficient (Wildman–Crippen LogP) is 4.93. The Labute approximate surface area is 441 Å². The summed E-state index contributed by atoms with van der Waals surface area (Å²) in [6, 6.07) is 17.3. The number of amides is 2. The number of hydrogen-bond donors (Lipinski definition) is 1. The van der Waals surface area contributed by atoms with Gasteiger partial charge in [-0.05, 0) is 71.4 Å². The van der Waals surface area contributed by atoms with E-state index in [4.69, 9.17) is 40.8 Å². The van der Waals surface area contributed by atoms with Gasteiger partial charge in [-0.15, -0.1) is 0 Å². The Hall–Kier alpha value is -5.28. The molecule has 426 valence electrons. The highest BCUT2D eigenvalue weighted by molar-refractivity contribution is 7.93. The molecule has 0 aromatic heterocycles. The second-order valence-corrected chi connectivity index (χ2v) is 29.1. The number of non-ortho nitro benzene ring substituents is 1. The van der Waals surface area contributed by atoms with Gasteiger partial charge in [-0.25, -0.2) is 30.0 Å². The molecule has 2 bridgehead atoms. The van der Waals surface area contributed by atoms with Crippen molar-refractivity contribution in [2.45, 2.75) is 93.8 Å². The van der Waals surface area contributed by atoms with Gasteiger partial charge in [-0.1, -0.05) is 45.9 Å². The molecule has 2 amide bonds. The van der Waals surface area contributed by atoms with Crippen LogP contribution in [0.5, 0.6) is 0 Å². The zero-order valence-corrected chi connectivity index (χ0v) is 45.8. The van der Waals surface area contributed by atoms with Crippen molar-refractivity contribution in [3.05, 3.63) is 87.1 Å². The summed E-state index contributed by atoms with van der Waals surface area (Å²) in [4.78, 5) is 52.7. The average Bonchev–Trinajstić information content (AvgIpc) is 3.75. The third-order valence-electron chi connectivity index (χ3n) is 15.7. The molecule has 0 radical (unpaired) electrons. The molecule has 0 spiro atoms. The Balaban J connectivity index is 0.000000522. The van der Waals surface area contributed by atoms with Gasteiger partial charge < -0.3 is 37.9 Å². The zero-order chi connectivity index (χ0) is 57.6. The average molecular weight is 1170 g/mol. The molecule has 31 heteroatoms. The number of alkyl halides is 6. The number of nitro groups is 1. The molecule has 6 heterocycles. The third-order valence-corrected chi connectivity index (χ3v) is 23.3. The number of ether oxygens (including phenoxy) is 1. The first-order valence-electron chi connectivity index (χ1n) is 24.3. The molecule has 4 atom stereocenters. The number of hydrogen-bond acceptors (Lipinski definition) is 15. The van der Waals surface area contributed by atoms with Gasteiger partial charge in [0, 0.05) is 29.9 Å². The quantitative estimate of drug-likeness (QED) is 0.0216. The molecular formula is C46H58F6N6O15S3Si. The molecule has 9 rings (SSSR count). The summed E-state index contributed by atoms with van der Waals surface area (Å²) in [7, 11) is -18.4. The predicted molar refractivity (Wildman–Crippen MR) is 263 cm³/mol. The largest absolute Gasteiger partial charge is 0.741 e. The van der Waals surface area contributed by atoms with Crippen LogP contribution in [0.1, 0.15) is 45.7 Å². The van der Waals surface area contributed by atoms with E-state index in [1.165, 1.54) is 33.5 Å². The number of β-lactam (4-membered cyclic amide) rings is 1. The molecule has 0 unspecified atom stereocenters. The van der Waals surface area contributed by atoms with E-state index in [-0.39, 0.29) is 41.2 Å². The van der Waals surface area contributed by atoms with Crippen molar-refractivity contribution in [3.63, 3.8) is 0 Å². The number of nitro benzene ring substituents is 1. The van der Waals surface area contributed by atoms with Gasteiger partial charge in [0.1, 0.15) is 51.6 Å². The van der Waals surface area contributed by atoms with E-state index in [1.807, 2.05) is 38.1 Å². The van der Waals surface area contributed by atoms with Gasteiger partial charge >= 0.3 is 17.0 Å². The molecule has 6 aliphatic rings. The van der Waals surface area contributed by atoms with E-state index in [1.54, 1.807) is 6.07 Å². The standard InChI is InChI=1S/C44H57N6O9SSi.2CHF3O3S/c1-6-61(7-2,8-3)59-30(5)39-41-29(4)35(42(47(41)43(39)52)44(53)58-28-31-12-15-33(16-13-31)48(54)55)26-46-36-11-9-10-34-32(14-17-37(40(34)36)60(46,56)57)18-19-49-20-23-50(24-21-49,25-22-49)27-38(45)51;2*2-1(3,4)8(5,6)7/h9-17,29-30,39,41H,6-8,18-28H2,1-5H3,(H-,45,51);2*(H,5,6,7)/q+1;;/p-1/t29-,30+,39+,41+,49?,50?;;/m0../s1. The van der Waals surface area contributed by atoms with E-state index in [2.05, 4.69) is 20.8 Å². The van der Waals surface area contributed by atoms with Crippen LogP contribution in [-0.2, 0) is 66.8 Å². The lowest BCUT2D eigenvalue weighted by molar-refractivity contribution is -1.08. The summed E-state index contributed by atoms with van der Waals surface area (Å²) in [5.41, 5.74) is -3.11. The molecule has 77 heavy (non-hydrogen) atoms. The SMILES string of the molecule is CC[Si](CC)(CC)O[C@H](C)[C@H]1C(=O)N2C(C(=O)OCc3ccc([N+](=O)[O-])cc3)=C(CN3c4cccc5c(CC[N+]67CC[N+](CC(N)=O)(CC6)CC7)ccc(c45)S3(=O)=O)[C@H](C)[C@H]12.O=S(=O)([O-])C(F)(F)F.O=S(=O)([O-])C(F)(F)F. The highest BCUT2D eigenvalue weighted by atomic mass is 32.2. The molecule has 21 nitrogen and oxygen atoms in total. The van der Waals surface area contributed by atoms with Crippen molar-refractivity contribution < 1.29 is 98.1 Å². The lowest BCUT2D eigenvalue weighted by atomic mass is 9.77. The number of carbonyl (C=O) groups is 3. The number of esters is 1. The number of rotatable bonds is 17. The molecule has 4 saturated heterocycles. The Morgan fingerprint density at radius 1 is 0.870 bits per heavy atom. The van der Waals surface area contributed by atoms with Gasteiger partial charge in [0.2, 0.25) is 5.91 Å². The molecule has 4 fully saturated rings. The van der Waals surface area contributed by atoms with E-state index in [0.29, 0.717) is 28.8 Å². The summed E-state index contributed by atoms with van der Waals surface area (Å²) >= 11 is 0. The van der Waals surface area contributed by atoms with Crippen LogP contribution in [0.3, 0.4) is 0 Å². The van der Waals surface area contributed by atoms with Gasteiger partial charge in [0.15, 0.2) is 35.1 Å². The van der Waals surface area contributed by atoms with Crippen LogP contribution >= 0.6 is 0 Å². The number of nitrogens with two attached hydrogens (primary N) is 1. The summed E-state index contributed by atoms with van der Waals surface area (Å²) in [6.07, 6.45) is 0.366. The summed E-state index contributed by atoms with van der Waals surface area (Å²) < 4.78 is 163. The molecule has 3 aromatic carbocycles. The third kappa shape index (κ3) is 12.3. The second kappa shape index (κ2) is 22.1. The smallest absolute Gasteiger partial charge is 0.485 e. The molecule has 0 aliphatic carbocycles.